The highest BCUT2D eigenvalue weighted by molar-refractivity contribution is 7.90. The third-order valence-electron chi connectivity index (χ3n) is 5.62. The first-order chi connectivity index (χ1) is 14.7. The van der Waals surface area contributed by atoms with Gasteiger partial charge in [-0.25, -0.2) is 0 Å². The van der Waals surface area contributed by atoms with Gasteiger partial charge in [0.05, 0.1) is 6.10 Å². The standard InChI is InChI=1S/C23H34N4O3S/c1-23(2,25-17-22(28)19-7-6-14-24-16-19)15-18-10-12-21(13-11-18)27-31(29,30)26-20-8-4-3-5-9-20/h6-7,10-14,16,20,22,25-28H,3-5,8-9,15,17H2,1-2H3. The minimum absolute atomic E-state index is 0.0272. The van der Waals surface area contributed by atoms with Gasteiger partial charge in [0.2, 0.25) is 0 Å². The van der Waals surface area contributed by atoms with Gasteiger partial charge in [0.15, 0.2) is 0 Å². The number of β-amino-alcohol motifs (C(OH)–C–C–N with tert-alkyl or cyclic N) is 1. The molecule has 4 N–H and O–H groups in total. The van der Waals surface area contributed by atoms with Gasteiger partial charge in [0, 0.05) is 41.8 Å². The summed E-state index contributed by atoms with van der Waals surface area (Å²) in [5, 5.41) is 13.7. The molecule has 0 aliphatic heterocycles. The molecule has 1 aromatic carbocycles. The van der Waals surface area contributed by atoms with Crippen molar-refractivity contribution in [3.05, 3.63) is 59.9 Å². The summed E-state index contributed by atoms with van der Waals surface area (Å²) >= 11 is 0. The predicted molar refractivity (Wildman–Crippen MR) is 124 cm³/mol. The van der Waals surface area contributed by atoms with Crippen LogP contribution in [0.1, 0.15) is 63.2 Å². The van der Waals surface area contributed by atoms with Crippen LogP contribution < -0.4 is 14.8 Å². The van der Waals surface area contributed by atoms with Gasteiger partial charge in [-0.1, -0.05) is 37.5 Å². The second-order valence-electron chi connectivity index (χ2n) is 9.00. The summed E-state index contributed by atoms with van der Waals surface area (Å²) in [5.74, 6) is 0. The lowest BCUT2D eigenvalue weighted by Crippen LogP contribution is -2.43. The summed E-state index contributed by atoms with van der Waals surface area (Å²) < 4.78 is 30.2. The number of anilines is 1. The average molecular weight is 447 g/mol. The Morgan fingerprint density at radius 1 is 1.13 bits per heavy atom. The van der Waals surface area contributed by atoms with Gasteiger partial charge in [-0.05, 0) is 56.9 Å². The average Bonchev–Trinajstić information content (AvgIpc) is 2.74. The highest BCUT2D eigenvalue weighted by atomic mass is 32.2. The maximum atomic E-state index is 12.4. The molecule has 1 fully saturated rings. The van der Waals surface area contributed by atoms with Crippen LogP contribution in [-0.4, -0.2) is 36.6 Å². The van der Waals surface area contributed by atoms with E-state index < -0.39 is 16.3 Å². The van der Waals surface area contributed by atoms with E-state index in [1.807, 2.05) is 24.3 Å². The Kier molecular flexibility index (Phi) is 8.05. The second-order valence-corrected chi connectivity index (χ2v) is 10.4. The maximum absolute atomic E-state index is 12.4. The van der Waals surface area contributed by atoms with Crippen LogP contribution in [0, 0.1) is 0 Å². The fourth-order valence-electron chi connectivity index (χ4n) is 3.95. The zero-order chi connectivity index (χ0) is 22.3. The lowest BCUT2D eigenvalue weighted by molar-refractivity contribution is 0.160. The van der Waals surface area contributed by atoms with Crippen molar-refractivity contribution < 1.29 is 13.5 Å². The summed E-state index contributed by atoms with van der Waals surface area (Å²) in [7, 11) is -3.57. The van der Waals surface area contributed by atoms with E-state index in [1.165, 1.54) is 6.42 Å². The highest BCUT2D eigenvalue weighted by Gasteiger charge is 2.21. The number of hydrogen-bond acceptors (Lipinski definition) is 5. The van der Waals surface area contributed by atoms with E-state index in [0.717, 1.165) is 43.2 Å². The van der Waals surface area contributed by atoms with Crippen molar-refractivity contribution >= 4 is 15.9 Å². The molecule has 0 amide bonds. The molecule has 1 unspecified atom stereocenters. The van der Waals surface area contributed by atoms with Crippen molar-refractivity contribution in [2.24, 2.45) is 0 Å². The quantitative estimate of drug-likeness (QED) is 0.448. The SMILES string of the molecule is CC(C)(Cc1ccc(NS(=O)(=O)NC2CCCCC2)cc1)NCC(O)c1cccnc1. The Morgan fingerprint density at radius 2 is 1.84 bits per heavy atom. The molecule has 8 heteroatoms. The van der Waals surface area contributed by atoms with E-state index in [0.29, 0.717) is 12.2 Å². The third kappa shape index (κ3) is 7.88. The molecule has 7 nitrogen and oxygen atoms in total. The van der Waals surface area contributed by atoms with Crippen molar-refractivity contribution in [3.8, 4) is 0 Å². The lowest BCUT2D eigenvalue weighted by atomic mass is 9.94. The molecule has 1 atom stereocenters. The van der Waals surface area contributed by atoms with Crippen LogP contribution in [0.5, 0.6) is 0 Å². The molecular formula is C23H34N4O3S. The molecule has 1 aliphatic carbocycles. The Hall–Kier alpha value is -2.00. The Bertz CT molecular complexity index is 912. The van der Waals surface area contributed by atoms with E-state index in [9.17, 15) is 13.5 Å². The largest absolute Gasteiger partial charge is 0.387 e. The van der Waals surface area contributed by atoms with Crippen LogP contribution in [0.25, 0.3) is 0 Å². The summed E-state index contributed by atoms with van der Waals surface area (Å²) in [5.41, 5.74) is 2.16. The van der Waals surface area contributed by atoms with Crippen molar-refractivity contribution in [1.82, 2.24) is 15.0 Å². The summed E-state index contributed by atoms with van der Waals surface area (Å²) in [6.07, 6.45) is 8.60. The molecule has 1 aromatic heterocycles. The van der Waals surface area contributed by atoms with E-state index in [-0.39, 0.29) is 11.6 Å². The normalized spacial score (nSPS) is 16.7. The summed E-state index contributed by atoms with van der Waals surface area (Å²) in [4.78, 5) is 4.04. The number of nitrogens with zero attached hydrogens (tertiary/aromatic N) is 1. The van der Waals surface area contributed by atoms with Crippen LogP contribution in [0.2, 0.25) is 0 Å². The number of rotatable bonds is 10. The Morgan fingerprint density at radius 3 is 2.48 bits per heavy atom. The smallest absolute Gasteiger partial charge is 0.299 e. The molecule has 1 saturated carbocycles. The molecule has 1 heterocycles. The lowest BCUT2D eigenvalue weighted by Gasteiger charge is -2.28. The molecule has 3 rings (SSSR count). The zero-order valence-electron chi connectivity index (χ0n) is 18.3. The zero-order valence-corrected chi connectivity index (χ0v) is 19.2. The van der Waals surface area contributed by atoms with Crippen molar-refractivity contribution in [3.63, 3.8) is 0 Å². The fraction of sp³-hybridized carbons (Fsp3) is 0.522. The third-order valence-corrected chi connectivity index (χ3v) is 6.77. The van der Waals surface area contributed by atoms with Gasteiger partial charge < -0.3 is 10.4 Å². The first-order valence-corrected chi connectivity index (χ1v) is 12.4. The Labute approximate surface area is 185 Å². The van der Waals surface area contributed by atoms with E-state index in [4.69, 9.17) is 0 Å². The van der Waals surface area contributed by atoms with Crippen LogP contribution in [0.3, 0.4) is 0 Å². The summed E-state index contributed by atoms with van der Waals surface area (Å²) in [6.45, 7) is 4.57. The molecule has 0 spiro atoms. The van der Waals surface area contributed by atoms with Crippen molar-refractivity contribution in [2.45, 2.75) is 70.1 Å². The Balaban J connectivity index is 1.50. The van der Waals surface area contributed by atoms with Gasteiger partial charge in [0.1, 0.15) is 0 Å². The van der Waals surface area contributed by atoms with E-state index in [1.54, 1.807) is 24.5 Å². The van der Waals surface area contributed by atoms with Gasteiger partial charge in [-0.15, -0.1) is 0 Å². The predicted octanol–water partition coefficient (Wildman–Crippen LogP) is 3.30. The highest BCUT2D eigenvalue weighted by Crippen LogP contribution is 2.20. The first kappa shape index (κ1) is 23.7. The van der Waals surface area contributed by atoms with E-state index >= 15 is 0 Å². The number of aromatic nitrogens is 1. The second kappa shape index (κ2) is 10.5. The van der Waals surface area contributed by atoms with Crippen molar-refractivity contribution in [1.29, 1.82) is 0 Å². The first-order valence-electron chi connectivity index (χ1n) is 10.9. The number of pyridine rings is 1. The van der Waals surface area contributed by atoms with Gasteiger partial charge in [-0.2, -0.15) is 13.1 Å². The maximum Gasteiger partial charge on any atom is 0.299 e. The van der Waals surface area contributed by atoms with Crippen LogP contribution in [-0.2, 0) is 16.6 Å². The number of hydrogen-bond donors (Lipinski definition) is 4. The molecule has 0 saturated heterocycles. The molecule has 2 aromatic rings. The number of benzene rings is 1. The molecule has 31 heavy (non-hydrogen) atoms. The minimum Gasteiger partial charge on any atom is -0.387 e. The van der Waals surface area contributed by atoms with Crippen molar-refractivity contribution in [2.75, 3.05) is 11.3 Å². The van der Waals surface area contributed by atoms with Crippen LogP contribution in [0.15, 0.2) is 48.8 Å². The minimum atomic E-state index is -3.57. The van der Waals surface area contributed by atoms with Crippen LogP contribution >= 0.6 is 0 Å². The molecular weight excluding hydrogens is 412 g/mol. The molecule has 0 bridgehead atoms. The molecule has 0 radical (unpaired) electrons. The monoisotopic (exact) mass is 446 g/mol. The van der Waals surface area contributed by atoms with E-state index in [2.05, 4.69) is 33.6 Å². The molecule has 170 valence electrons. The number of aliphatic hydroxyl groups excluding tert-OH is 1. The molecule has 1 aliphatic rings. The van der Waals surface area contributed by atoms with Gasteiger partial charge in [-0.3, -0.25) is 9.71 Å². The van der Waals surface area contributed by atoms with Gasteiger partial charge in [0.25, 0.3) is 10.2 Å². The van der Waals surface area contributed by atoms with Crippen LogP contribution in [0.4, 0.5) is 5.69 Å². The topological polar surface area (TPSA) is 103 Å². The van der Waals surface area contributed by atoms with Gasteiger partial charge >= 0.3 is 0 Å². The summed E-state index contributed by atoms with van der Waals surface area (Å²) in [6, 6.07) is 11.1. The number of nitrogens with one attached hydrogen (secondary N) is 3. The number of aliphatic hydroxyl groups is 1. The fourth-order valence-corrected chi connectivity index (χ4v) is 5.13.